The predicted octanol–water partition coefficient (Wildman–Crippen LogP) is 3.62. The highest BCUT2D eigenvalue weighted by atomic mass is 16.5. The molecule has 0 saturated heterocycles. The molecule has 0 atom stereocenters. The van der Waals surface area contributed by atoms with Crippen molar-refractivity contribution in [1.29, 1.82) is 5.26 Å². The van der Waals surface area contributed by atoms with Crippen molar-refractivity contribution in [2.45, 2.75) is 19.3 Å². The van der Waals surface area contributed by atoms with Crippen molar-refractivity contribution in [3.05, 3.63) is 54.1 Å². The second-order valence-corrected chi connectivity index (χ2v) is 5.52. The minimum Gasteiger partial charge on any atom is -0.482 e. The quantitative estimate of drug-likeness (QED) is 0.914. The van der Waals surface area contributed by atoms with Crippen molar-refractivity contribution in [2.24, 2.45) is 0 Å². The van der Waals surface area contributed by atoms with Crippen LogP contribution in [0.15, 0.2) is 48.5 Å². The van der Waals surface area contributed by atoms with Crippen molar-refractivity contribution in [1.82, 2.24) is 0 Å². The Bertz CT molecular complexity index is 712. The van der Waals surface area contributed by atoms with E-state index in [0.717, 1.165) is 16.7 Å². The Labute approximate surface area is 129 Å². The number of nitriles is 1. The minimum atomic E-state index is -1.01. The Morgan fingerprint density at radius 3 is 2.45 bits per heavy atom. The van der Waals surface area contributed by atoms with E-state index in [1.54, 1.807) is 12.1 Å². The highest BCUT2D eigenvalue weighted by molar-refractivity contribution is 5.69. The smallest absolute Gasteiger partial charge is 0.341 e. The van der Waals surface area contributed by atoms with Crippen LogP contribution in [0.3, 0.4) is 0 Å². The molecule has 0 amide bonds. The predicted molar refractivity (Wildman–Crippen MR) is 83.6 cm³/mol. The van der Waals surface area contributed by atoms with Crippen LogP contribution in [0, 0.1) is 11.3 Å². The molecule has 0 fully saturated rings. The molecule has 112 valence electrons. The van der Waals surface area contributed by atoms with Crippen LogP contribution in [0.5, 0.6) is 5.75 Å². The van der Waals surface area contributed by atoms with Crippen molar-refractivity contribution < 1.29 is 14.6 Å². The SMILES string of the molecule is CC(C)(C#N)c1ccc(-c2cccc(OCC(=O)O)c2)cc1. The van der Waals surface area contributed by atoms with Gasteiger partial charge in [-0.3, -0.25) is 0 Å². The summed E-state index contributed by atoms with van der Waals surface area (Å²) in [4.78, 5) is 10.5. The van der Waals surface area contributed by atoms with Gasteiger partial charge in [0.25, 0.3) is 0 Å². The molecular weight excluding hydrogens is 278 g/mol. The van der Waals surface area contributed by atoms with Crippen LogP contribution in [0.25, 0.3) is 11.1 Å². The van der Waals surface area contributed by atoms with E-state index in [-0.39, 0.29) is 6.61 Å². The number of benzene rings is 2. The summed E-state index contributed by atoms with van der Waals surface area (Å²) in [5.74, 6) is -0.491. The molecule has 2 aromatic carbocycles. The summed E-state index contributed by atoms with van der Waals surface area (Å²) in [5, 5.41) is 17.8. The molecule has 4 nitrogen and oxygen atoms in total. The number of aliphatic carboxylic acids is 1. The molecule has 0 aromatic heterocycles. The molecular formula is C18H17NO3. The van der Waals surface area contributed by atoms with Gasteiger partial charge in [0.1, 0.15) is 5.75 Å². The zero-order valence-corrected chi connectivity index (χ0v) is 12.5. The van der Waals surface area contributed by atoms with Crippen LogP contribution in [0.2, 0.25) is 0 Å². The number of carbonyl (C=O) groups is 1. The molecule has 0 saturated carbocycles. The number of carboxylic acids is 1. The number of hydrogen-bond acceptors (Lipinski definition) is 3. The summed E-state index contributed by atoms with van der Waals surface area (Å²) in [5.41, 5.74) is 2.35. The van der Waals surface area contributed by atoms with E-state index < -0.39 is 11.4 Å². The van der Waals surface area contributed by atoms with E-state index in [1.165, 1.54) is 0 Å². The molecule has 1 N–H and O–H groups in total. The summed E-state index contributed by atoms with van der Waals surface area (Å²) in [6, 6.07) is 17.3. The van der Waals surface area contributed by atoms with Crippen molar-refractivity contribution >= 4 is 5.97 Å². The molecule has 22 heavy (non-hydrogen) atoms. The second-order valence-electron chi connectivity index (χ2n) is 5.52. The highest BCUT2D eigenvalue weighted by Gasteiger charge is 2.19. The molecule has 0 spiro atoms. The third-order valence-corrected chi connectivity index (χ3v) is 3.42. The topological polar surface area (TPSA) is 70.3 Å². The molecule has 0 bridgehead atoms. The maximum atomic E-state index is 10.5. The third kappa shape index (κ3) is 3.64. The average molecular weight is 295 g/mol. The van der Waals surface area contributed by atoms with Gasteiger partial charge < -0.3 is 9.84 Å². The van der Waals surface area contributed by atoms with Gasteiger partial charge in [0.05, 0.1) is 11.5 Å². The van der Waals surface area contributed by atoms with Crippen molar-refractivity contribution in [2.75, 3.05) is 6.61 Å². The van der Waals surface area contributed by atoms with Gasteiger partial charge in [0.2, 0.25) is 0 Å². The van der Waals surface area contributed by atoms with Crippen LogP contribution < -0.4 is 4.74 Å². The fraction of sp³-hybridized carbons (Fsp3) is 0.222. The van der Waals surface area contributed by atoms with Gasteiger partial charge in [-0.15, -0.1) is 0 Å². The van der Waals surface area contributed by atoms with Crippen molar-refractivity contribution in [3.8, 4) is 22.9 Å². The van der Waals surface area contributed by atoms with E-state index in [4.69, 9.17) is 15.1 Å². The van der Waals surface area contributed by atoms with Crippen LogP contribution in [-0.2, 0) is 10.2 Å². The molecule has 4 heteroatoms. The Kier molecular flexibility index (Phi) is 4.47. The standard InChI is InChI=1S/C18H17NO3/c1-18(2,12-19)15-8-6-13(7-9-15)14-4-3-5-16(10-14)22-11-17(20)21/h3-10H,11H2,1-2H3,(H,20,21). The van der Waals surface area contributed by atoms with Gasteiger partial charge in [-0.25, -0.2) is 4.79 Å². The zero-order valence-electron chi connectivity index (χ0n) is 12.5. The first kappa shape index (κ1) is 15.6. The molecule has 0 radical (unpaired) electrons. The van der Waals surface area contributed by atoms with E-state index in [0.29, 0.717) is 5.75 Å². The van der Waals surface area contributed by atoms with E-state index in [1.807, 2.05) is 50.2 Å². The van der Waals surface area contributed by atoms with Crippen molar-refractivity contribution in [3.63, 3.8) is 0 Å². The van der Waals surface area contributed by atoms with Crippen LogP contribution in [0.1, 0.15) is 19.4 Å². The first-order valence-corrected chi connectivity index (χ1v) is 6.89. The van der Waals surface area contributed by atoms with Gasteiger partial charge in [-0.1, -0.05) is 36.4 Å². The van der Waals surface area contributed by atoms with E-state index >= 15 is 0 Å². The molecule has 0 heterocycles. The summed E-state index contributed by atoms with van der Waals surface area (Å²) in [7, 11) is 0. The largest absolute Gasteiger partial charge is 0.482 e. The maximum absolute atomic E-state index is 10.5. The summed E-state index contributed by atoms with van der Waals surface area (Å²) in [6.07, 6.45) is 0. The molecule has 2 aromatic rings. The lowest BCUT2D eigenvalue weighted by molar-refractivity contribution is -0.139. The van der Waals surface area contributed by atoms with Crippen LogP contribution >= 0.6 is 0 Å². The number of hydrogen-bond donors (Lipinski definition) is 1. The van der Waals surface area contributed by atoms with Gasteiger partial charge in [0.15, 0.2) is 6.61 Å². The Morgan fingerprint density at radius 2 is 1.86 bits per heavy atom. The van der Waals surface area contributed by atoms with Gasteiger partial charge in [-0.05, 0) is 42.7 Å². The molecule has 0 unspecified atom stereocenters. The molecule has 2 rings (SSSR count). The monoisotopic (exact) mass is 295 g/mol. The Balaban J connectivity index is 2.24. The van der Waals surface area contributed by atoms with E-state index in [2.05, 4.69) is 6.07 Å². The normalized spacial score (nSPS) is 10.8. The Morgan fingerprint density at radius 1 is 1.18 bits per heavy atom. The lowest BCUT2D eigenvalue weighted by Crippen LogP contribution is -2.13. The first-order chi connectivity index (χ1) is 10.4. The first-order valence-electron chi connectivity index (χ1n) is 6.89. The lowest BCUT2D eigenvalue weighted by Gasteiger charge is -2.16. The fourth-order valence-electron chi connectivity index (χ4n) is 2.05. The second kappa shape index (κ2) is 6.31. The van der Waals surface area contributed by atoms with E-state index in [9.17, 15) is 4.79 Å². The maximum Gasteiger partial charge on any atom is 0.341 e. The van der Waals surface area contributed by atoms with Gasteiger partial charge >= 0.3 is 5.97 Å². The number of rotatable bonds is 5. The molecule has 0 aliphatic heterocycles. The fourth-order valence-corrected chi connectivity index (χ4v) is 2.05. The average Bonchev–Trinajstić information content (AvgIpc) is 2.53. The Hall–Kier alpha value is -2.80. The summed E-state index contributed by atoms with van der Waals surface area (Å²) < 4.78 is 5.18. The summed E-state index contributed by atoms with van der Waals surface area (Å²) in [6.45, 7) is 3.39. The molecule has 0 aliphatic carbocycles. The van der Waals surface area contributed by atoms with Crippen LogP contribution in [0.4, 0.5) is 0 Å². The minimum absolute atomic E-state index is 0.362. The van der Waals surface area contributed by atoms with Crippen LogP contribution in [-0.4, -0.2) is 17.7 Å². The third-order valence-electron chi connectivity index (χ3n) is 3.42. The zero-order chi connectivity index (χ0) is 16.2. The van der Waals surface area contributed by atoms with Gasteiger partial charge in [0, 0.05) is 0 Å². The summed E-state index contributed by atoms with van der Waals surface area (Å²) >= 11 is 0. The highest BCUT2D eigenvalue weighted by Crippen LogP contribution is 2.27. The van der Waals surface area contributed by atoms with Gasteiger partial charge in [-0.2, -0.15) is 5.26 Å². The number of ether oxygens (including phenoxy) is 1. The number of nitrogens with zero attached hydrogens (tertiary/aromatic N) is 1. The lowest BCUT2D eigenvalue weighted by atomic mass is 9.85. The number of carboxylic acid groups (broad SMARTS) is 1. The molecule has 0 aliphatic rings.